The Bertz CT molecular complexity index is 365. The minimum absolute atomic E-state index is 0.179. The van der Waals surface area contributed by atoms with Crippen LogP contribution in [0.2, 0.25) is 0 Å². The molecular formula is C12H23N5S. The summed E-state index contributed by atoms with van der Waals surface area (Å²) in [4.78, 5) is 0. The van der Waals surface area contributed by atoms with Gasteiger partial charge in [0.15, 0.2) is 0 Å². The van der Waals surface area contributed by atoms with E-state index in [0.29, 0.717) is 6.04 Å². The molecule has 0 aliphatic heterocycles. The van der Waals surface area contributed by atoms with Gasteiger partial charge in [-0.05, 0) is 44.0 Å². The van der Waals surface area contributed by atoms with E-state index in [1.54, 1.807) is 11.8 Å². The Morgan fingerprint density at radius 3 is 2.72 bits per heavy atom. The van der Waals surface area contributed by atoms with Crippen molar-refractivity contribution in [2.75, 3.05) is 12.3 Å². The summed E-state index contributed by atoms with van der Waals surface area (Å²) in [5, 5.41) is 16.5. The average Bonchev–Trinajstić information content (AvgIpc) is 2.93. The van der Waals surface area contributed by atoms with Gasteiger partial charge in [0.2, 0.25) is 5.16 Å². The van der Waals surface area contributed by atoms with Crippen molar-refractivity contribution in [1.82, 2.24) is 25.5 Å². The standard InChI is InChI=1S/C12H23N5S/c1-12(2,3)13-8-9-18-11-14-15-16-17(11)10-6-4-5-7-10/h10,13H,4-9H2,1-3H3. The Labute approximate surface area is 113 Å². The highest BCUT2D eigenvalue weighted by atomic mass is 32.2. The van der Waals surface area contributed by atoms with Gasteiger partial charge in [-0.25, -0.2) is 4.68 Å². The molecular weight excluding hydrogens is 246 g/mol. The highest BCUT2D eigenvalue weighted by molar-refractivity contribution is 7.99. The van der Waals surface area contributed by atoms with Crippen molar-refractivity contribution in [2.24, 2.45) is 0 Å². The Balaban J connectivity index is 1.81. The number of thioether (sulfide) groups is 1. The van der Waals surface area contributed by atoms with Crippen LogP contribution in [0.5, 0.6) is 0 Å². The third kappa shape index (κ3) is 3.95. The molecule has 1 aliphatic carbocycles. The number of rotatable bonds is 5. The van der Waals surface area contributed by atoms with Crippen LogP contribution in [0.15, 0.2) is 5.16 Å². The summed E-state index contributed by atoms with van der Waals surface area (Å²) in [5.41, 5.74) is 0.179. The first-order valence-electron chi connectivity index (χ1n) is 6.72. The second-order valence-electron chi connectivity index (χ2n) is 5.87. The van der Waals surface area contributed by atoms with Crippen molar-refractivity contribution in [3.8, 4) is 0 Å². The van der Waals surface area contributed by atoms with Gasteiger partial charge in [-0.1, -0.05) is 24.6 Å². The van der Waals surface area contributed by atoms with Crippen LogP contribution in [0.1, 0.15) is 52.5 Å². The normalized spacial score (nSPS) is 17.5. The van der Waals surface area contributed by atoms with Gasteiger partial charge in [0.25, 0.3) is 0 Å². The highest BCUT2D eigenvalue weighted by Crippen LogP contribution is 2.31. The molecule has 0 amide bonds. The predicted octanol–water partition coefficient (Wildman–Crippen LogP) is 2.27. The molecule has 1 aromatic heterocycles. The van der Waals surface area contributed by atoms with Crippen LogP contribution >= 0.6 is 11.8 Å². The monoisotopic (exact) mass is 269 g/mol. The van der Waals surface area contributed by atoms with Gasteiger partial charge < -0.3 is 5.32 Å². The molecule has 18 heavy (non-hydrogen) atoms. The topological polar surface area (TPSA) is 55.6 Å². The van der Waals surface area contributed by atoms with E-state index in [1.807, 2.05) is 4.68 Å². The Morgan fingerprint density at radius 2 is 2.06 bits per heavy atom. The molecule has 0 radical (unpaired) electrons. The maximum absolute atomic E-state index is 4.14. The van der Waals surface area contributed by atoms with Crippen molar-refractivity contribution >= 4 is 11.8 Å². The lowest BCUT2D eigenvalue weighted by Crippen LogP contribution is -2.37. The first kappa shape index (κ1) is 13.8. The van der Waals surface area contributed by atoms with Crippen LogP contribution in [0.25, 0.3) is 0 Å². The molecule has 0 saturated heterocycles. The Hall–Kier alpha value is -0.620. The van der Waals surface area contributed by atoms with Crippen molar-refractivity contribution in [1.29, 1.82) is 0 Å². The zero-order valence-electron chi connectivity index (χ0n) is 11.5. The van der Waals surface area contributed by atoms with Gasteiger partial charge in [-0.2, -0.15) is 0 Å². The molecule has 1 N–H and O–H groups in total. The van der Waals surface area contributed by atoms with Crippen molar-refractivity contribution in [3.63, 3.8) is 0 Å². The Morgan fingerprint density at radius 1 is 1.33 bits per heavy atom. The molecule has 0 unspecified atom stereocenters. The number of hydrogen-bond donors (Lipinski definition) is 1. The third-order valence-electron chi connectivity index (χ3n) is 3.12. The maximum atomic E-state index is 4.14. The number of hydrogen-bond acceptors (Lipinski definition) is 5. The molecule has 0 spiro atoms. The van der Waals surface area contributed by atoms with Crippen LogP contribution < -0.4 is 5.32 Å². The summed E-state index contributed by atoms with van der Waals surface area (Å²) >= 11 is 1.75. The molecule has 6 heteroatoms. The van der Waals surface area contributed by atoms with E-state index >= 15 is 0 Å². The fourth-order valence-corrected chi connectivity index (χ4v) is 3.03. The van der Waals surface area contributed by atoms with Crippen LogP contribution in [0.3, 0.4) is 0 Å². The smallest absolute Gasteiger partial charge is 0.209 e. The van der Waals surface area contributed by atoms with E-state index in [2.05, 4.69) is 41.6 Å². The molecule has 5 nitrogen and oxygen atoms in total. The lowest BCUT2D eigenvalue weighted by Gasteiger charge is -2.20. The lowest BCUT2D eigenvalue weighted by molar-refractivity contribution is 0.422. The van der Waals surface area contributed by atoms with Crippen molar-refractivity contribution in [3.05, 3.63) is 0 Å². The molecule has 0 atom stereocenters. The van der Waals surface area contributed by atoms with Crippen molar-refractivity contribution < 1.29 is 0 Å². The van der Waals surface area contributed by atoms with Gasteiger partial charge in [-0.3, -0.25) is 0 Å². The molecule has 1 aromatic rings. The molecule has 1 aliphatic rings. The van der Waals surface area contributed by atoms with E-state index in [9.17, 15) is 0 Å². The van der Waals surface area contributed by atoms with Gasteiger partial charge in [-0.15, -0.1) is 5.10 Å². The van der Waals surface area contributed by atoms with E-state index in [4.69, 9.17) is 0 Å². The molecule has 1 heterocycles. The molecule has 2 rings (SSSR count). The summed E-state index contributed by atoms with van der Waals surface area (Å²) in [6.45, 7) is 7.52. The zero-order chi connectivity index (χ0) is 13.0. The van der Waals surface area contributed by atoms with Crippen LogP contribution in [0, 0.1) is 0 Å². The first-order chi connectivity index (χ1) is 8.56. The number of nitrogens with zero attached hydrogens (tertiary/aromatic N) is 4. The summed E-state index contributed by atoms with van der Waals surface area (Å²) < 4.78 is 2.02. The van der Waals surface area contributed by atoms with Gasteiger partial charge in [0.05, 0.1) is 6.04 Å². The molecule has 0 bridgehead atoms. The largest absolute Gasteiger partial charge is 0.311 e. The molecule has 1 fully saturated rings. The summed E-state index contributed by atoms with van der Waals surface area (Å²) in [7, 11) is 0. The Kier molecular flexibility index (Phi) is 4.61. The number of nitrogens with one attached hydrogen (secondary N) is 1. The van der Waals surface area contributed by atoms with E-state index in [0.717, 1.165) is 17.5 Å². The second-order valence-corrected chi connectivity index (χ2v) is 6.93. The van der Waals surface area contributed by atoms with Crippen LogP contribution in [-0.2, 0) is 0 Å². The number of tetrazole rings is 1. The van der Waals surface area contributed by atoms with E-state index in [1.165, 1.54) is 25.7 Å². The van der Waals surface area contributed by atoms with E-state index in [-0.39, 0.29) is 5.54 Å². The second kappa shape index (κ2) is 6.02. The summed E-state index contributed by atoms with van der Waals surface area (Å²) in [6, 6.07) is 0.526. The fraction of sp³-hybridized carbons (Fsp3) is 0.917. The summed E-state index contributed by atoms with van der Waals surface area (Å²) in [5.74, 6) is 1.00. The fourth-order valence-electron chi connectivity index (χ4n) is 2.23. The predicted molar refractivity (Wildman–Crippen MR) is 73.8 cm³/mol. The van der Waals surface area contributed by atoms with Crippen molar-refractivity contribution in [2.45, 2.75) is 63.2 Å². The van der Waals surface area contributed by atoms with Crippen LogP contribution in [0.4, 0.5) is 0 Å². The third-order valence-corrected chi connectivity index (χ3v) is 4.06. The van der Waals surface area contributed by atoms with Gasteiger partial charge in [0, 0.05) is 17.8 Å². The first-order valence-corrected chi connectivity index (χ1v) is 7.70. The minimum Gasteiger partial charge on any atom is -0.311 e. The lowest BCUT2D eigenvalue weighted by atomic mass is 10.1. The summed E-state index contributed by atoms with van der Waals surface area (Å²) in [6.07, 6.45) is 5.05. The molecule has 1 saturated carbocycles. The van der Waals surface area contributed by atoms with E-state index < -0.39 is 0 Å². The van der Waals surface area contributed by atoms with Crippen LogP contribution in [-0.4, -0.2) is 38.0 Å². The minimum atomic E-state index is 0.179. The molecule has 0 aromatic carbocycles. The quantitative estimate of drug-likeness (QED) is 0.656. The van der Waals surface area contributed by atoms with Gasteiger partial charge in [0.1, 0.15) is 0 Å². The zero-order valence-corrected chi connectivity index (χ0v) is 12.3. The highest BCUT2D eigenvalue weighted by Gasteiger charge is 2.21. The number of aromatic nitrogens is 4. The van der Waals surface area contributed by atoms with Gasteiger partial charge >= 0.3 is 0 Å². The average molecular weight is 269 g/mol. The SMILES string of the molecule is CC(C)(C)NCCSc1nnnn1C1CCCC1. The maximum Gasteiger partial charge on any atom is 0.209 e. The molecule has 102 valence electrons.